The molecule has 148 valence electrons. The molecule has 27 heavy (non-hydrogen) atoms. The van der Waals surface area contributed by atoms with Crippen molar-refractivity contribution in [3.63, 3.8) is 0 Å². The summed E-state index contributed by atoms with van der Waals surface area (Å²) >= 11 is 8.05. The summed E-state index contributed by atoms with van der Waals surface area (Å²) in [6.45, 7) is 5.83. The van der Waals surface area contributed by atoms with Gasteiger partial charge in [-0.3, -0.25) is 0 Å². The number of ether oxygens (including phenoxy) is 3. The molecule has 0 spiro atoms. The zero-order valence-electron chi connectivity index (χ0n) is 15.9. The van der Waals surface area contributed by atoms with E-state index in [1.165, 1.54) is 0 Å². The van der Waals surface area contributed by atoms with Gasteiger partial charge in [0, 0.05) is 35.3 Å². The smallest absolute Gasteiger partial charge is 0.330 e. The van der Waals surface area contributed by atoms with Gasteiger partial charge in [-0.2, -0.15) is 5.01 Å². The molecule has 0 N–H and O–H groups in total. The summed E-state index contributed by atoms with van der Waals surface area (Å²) in [5, 5.41) is 4.73. The van der Waals surface area contributed by atoms with Crippen molar-refractivity contribution in [3.05, 3.63) is 33.8 Å². The molecule has 0 aliphatic carbocycles. The molecule has 3 rings (SSSR count). The maximum Gasteiger partial charge on any atom is 0.330 e. The average Bonchev–Trinajstić information content (AvgIpc) is 3.24. The zero-order valence-corrected chi connectivity index (χ0v) is 17.4. The Morgan fingerprint density at radius 3 is 2.74 bits per heavy atom. The van der Waals surface area contributed by atoms with E-state index < -0.39 is 6.04 Å². The molecule has 0 saturated heterocycles. The number of thioether (sulfide) groups is 1. The number of hydrogen-bond donors (Lipinski definition) is 0. The molecule has 0 saturated carbocycles. The van der Waals surface area contributed by atoms with Crippen LogP contribution in [0.2, 0.25) is 5.02 Å². The lowest BCUT2D eigenvalue weighted by Crippen LogP contribution is -2.46. The summed E-state index contributed by atoms with van der Waals surface area (Å²) in [5.41, 5.74) is 0.882. The van der Waals surface area contributed by atoms with Crippen molar-refractivity contribution in [3.8, 4) is 11.5 Å². The topological polar surface area (TPSA) is 51.2 Å². The Morgan fingerprint density at radius 1 is 1.33 bits per heavy atom. The molecular formula is C19H25ClN2O4S. The van der Waals surface area contributed by atoms with Crippen LogP contribution in [0.3, 0.4) is 0 Å². The first kappa shape index (κ1) is 20.2. The van der Waals surface area contributed by atoms with Gasteiger partial charge in [-0.1, -0.05) is 24.9 Å². The van der Waals surface area contributed by atoms with Crippen LogP contribution in [0, 0.1) is 0 Å². The van der Waals surface area contributed by atoms with Crippen LogP contribution in [0.1, 0.15) is 32.3 Å². The molecule has 2 aliphatic heterocycles. The van der Waals surface area contributed by atoms with Crippen LogP contribution in [-0.4, -0.2) is 48.2 Å². The highest BCUT2D eigenvalue weighted by Crippen LogP contribution is 2.39. The van der Waals surface area contributed by atoms with Crippen LogP contribution < -0.4 is 9.47 Å². The molecule has 0 bridgehead atoms. The molecule has 1 atom stereocenters. The predicted molar refractivity (Wildman–Crippen MR) is 107 cm³/mol. The SMILES string of the molecule is CCCCN1C=C(SC)C(C(=O)OCC)N1Cc1cc2c(cc1Cl)OCO2. The largest absolute Gasteiger partial charge is 0.464 e. The number of nitrogens with zero attached hydrogens (tertiary/aromatic N) is 2. The number of rotatable bonds is 8. The second-order valence-electron chi connectivity index (χ2n) is 6.30. The van der Waals surface area contributed by atoms with Crippen molar-refractivity contribution in [1.29, 1.82) is 0 Å². The Hall–Kier alpha value is -1.57. The van der Waals surface area contributed by atoms with Gasteiger partial charge in [-0.15, -0.1) is 11.8 Å². The van der Waals surface area contributed by atoms with Crippen molar-refractivity contribution in [2.75, 3.05) is 26.2 Å². The highest BCUT2D eigenvalue weighted by atomic mass is 35.5. The summed E-state index contributed by atoms with van der Waals surface area (Å²) in [7, 11) is 0. The Balaban J connectivity index is 1.89. The first-order valence-electron chi connectivity index (χ1n) is 9.12. The molecule has 1 aromatic rings. The van der Waals surface area contributed by atoms with Crippen molar-refractivity contribution < 1.29 is 19.0 Å². The molecule has 0 amide bonds. The number of carbonyl (C=O) groups is 1. The van der Waals surface area contributed by atoms with Crippen LogP contribution in [0.5, 0.6) is 11.5 Å². The number of halogens is 1. The second kappa shape index (κ2) is 9.08. The Kier molecular flexibility index (Phi) is 6.78. The van der Waals surface area contributed by atoms with Gasteiger partial charge in [-0.25, -0.2) is 4.79 Å². The highest BCUT2D eigenvalue weighted by Gasteiger charge is 2.39. The lowest BCUT2D eigenvalue weighted by Gasteiger charge is -2.33. The fourth-order valence-electron chi connectivity index (χ4n) is 3.16. The van der Waals surface area contributed by atoms with Crippen LogP contribution in [0.25, 0.3) is 0 Å². The first-order valence-corrected chi connectivity index (χ1v) is 10.7. The van der Waals surface area contributed by atoms with Gasteiger partial charge in [0.25, 0.3) is 0 Å². The predicted octanol–water partition coefficient (Wildman–Crippen LogP) is 4.04. The fraction of sp³-hybridized carbons (Fsp3) is 0.526. The van der Waals surface area contributed by atoms with Crippen LogP contribution in [0.15, 0.2) is 23.2 Å². The minimum absolute atomic E-state index is 0.199. The van der Waals surface area contributed by atoms with E-state index in [2.05, 4.69) is 11.9 Å². The monoisotopic (exact) mass is 412 g/mol. The third-order valence-electron chi connectivity index (χ3n) is 4.53. The number of esters is 1. The van der Waals surface area contributed by atoms with Crippen molar-refractivity contribution in [2.45, 2.75) is 39.3 Å². The minimum atomic E-state index is -0.460. The van der Waals surface area contributed by atoms with E-state index in [0.717, 1.165) is 29.9 Å². The maximum atomic E-state index is 12.7. The Labute approximate surface area is 169 Å². The van der Waals surface area contributed by atoms with E-state index in [-0.39, 0.29) is 12.8 Å². The van der Waals surface area contributed by atoms with E-state index in [9.17, 15) is 4.79 Å². The number of hydrazine groups is 1. The zero-order chi connectivity index (χ0) is 19.4. The molecule has 8 heteroatoms. The van der Waals surface area contributed by atoms with E-state index in [4.69, 9.17) is 25.8 Å². The van der Waals surface area contributed by atoms with Gasteiger partial charge in [0.15, 0.2) is 17.5 Å². The molecule has 2 heterocycles. The molecule has 0 radical (unpaired) electrons. The van der Waals surface area contributed by atoms with E-state index in [1.807, 2.05) is 30.5 Å². The summed E-state index contributed by atoms with van der Waals surface area (Å²) in [5.74, 6) is 1.09. The van der Waals surface area contributed by atoms with Crippen LogP contribution in [0.4, 0.5) is 0 Å². The van der Waals surface area contributed by atoms with E-state index in [1.54, 1.807) is 17.8 Å². The molecule has 6 nitrogen and oxygen atoms in total. The summed E-state index contributed by atoms with van der Waals surface area (Å²) in [6, 6.07) is 3.20. The van der Waals surface area contributed by atoms with E-state index in [0.29, 0.717) is 29.7 Å². The van der Waals surface area contributed by atoms with Gasteiger partial charge in [0.2, 0.25) is 6.79 Å². The van der Waals surface area contributed by atoms with Crippen molar-refractivity contribution in [2.24, 2.45) is 0 Å². The van der Waals surface area contributed by atoms with Crippen LogP contribution in [-0.2, 0) is 16.1 Å². The van der Waals surface area contributed by atoms with E-state index >= 15 is 0 Å². The summed E-state index contributed by atoms with van der Waals surface area (Å²) in [6.07, 6.45) is 6.12. The number of unbranched alkanes of at least 4 members (excludes halogenated alkanes) is 1. The number of hydrogen-bond acceptors (Lipinski definition) is 7. The van der Waals surface area contributed by atoms with Gasteiger partial charge in [0.05, 0.1) is 6.61 Å². The first-order chi connectivity index (χ1) is 13.1. The van der Waals surface area contributed by atoms with Gasteiger partial charge in [0.1, 0.15) is 0 Å². The molecule has 1 unspecified atom stereocenters. The minimum Gasteiger partial charge on any atom is -0.464 e. The normalized spacial score (nSPS) is 18.7. The summed E-state index contributed by atoms with van der Waals surface area (Å²) in [4.78, 5) is 13.7. The second-order valence-corrected chi connectivity index (χ2v) is 7.59. The third kappa shape index (κ3) is 4.31. The lowest BCUT2D eigenvalue weighted by atomic mass is 10.1. The quantitative estimate of drug-likeness (QED) is 0.597. The molecule has 1 aromatic carbocycles. The van der Waals surface area contributed by atoms with Crippen molar-refractivity contribution in [1.82, 2.24) is 10.0 Å². The molecule has 0 fully saturated rings. The lowest BCUT2D eigenvalue weighted by molar-refractivity contribution is -0.152. The number of benzene rings is 1. The Morgan fingerprint density at radius 2 is 2.07 bits per heavy atom. The van der Waals surface area contributed by atoms with Gasteiger partial charge in [-0.05, 0) is 31.2 Å². The standard InChI is InChI=1S/C19H25ClN2O4S/c1-4-6-7-21-11-17(27-3)18(19(23)24-5-2)22(21)10-13-8-15-16(9-14(13)20)26-12-25-15/h8-9,11,18H,4-7,10,12H2,1-3H3. The molecule has 2 aliphatic rings. The molecule has 0 aromatic heterocycles. The number of carbonyl (C=O) groups excluding carboxylic acids is 1. The molecular weight excluding hydrogens is 388 g/mol. The fourth-order valence-corrected chi connectivity index (χ4v) is 4.04. The number of fused-ring (bicyclic) bond motifs is 1. The van der Waals surface area contributed by atoms with Gasteiger partial charge < -0.3 is 19.2 Å². The van der Waals surface area contributed by atoms with Gasteiger partial charge >= 0.3 is 5.97 Å². The maximum absolute atomic E-state index is 12.7. The van der Waals surface area contributed by atoms with Crippen molar-refractivity contribution >= 4 is 29.3 Å². The Bertz CT molecular complexity index is 728. The third-order valence-corrected chi connectivity index (χ3v) is 5.69. The highest BCUT2D eigenvalue weighted by molar-refractivity contribution is 8.02. The average molecular weight is 413 g/mol. The summed E-state index contributed by atoms with van der Waals surface area (Å²) < 4.78 is 16.2. The van der Waals surface area contributed by atoms with Crippen LogP contribution >= 0.6 is 23.4 Å².